The molecule has 2 N–H and O–H groups in total. The summed E-state index contributed by atoms with van der Waals surface area (Å²) in [6.45, 7) is 1.23. The third kappa shape index (κ3) is 4.45. The van der Waals surface area contributed by atoms with E-state index in [1.165, 1.54) is 37.3 Å². The average Bonchev–Trinajstić information content (AvgIpc) is 2.53. The first kappa shape index (κ1) is 17.7. The Kier molecular flexibility index (Phi) is 5.76. The summed E-state index contributed by atoms with van der Waals surface area (Å²) in [6, 6.07) is 7.28. The molecule has 2 aromatic rings. The van der Waals surface area contributed by atoms with Crippen LogP contribution in [0.25, 0.3) is 5.57 Å². The van der Waals surface area contributed by atoms with E-state index in [4.69, 9.17) is 5.11 Å². The van der Waals surface area contributed by atoms with Gasteiger partial charge in [0, 0.05) is 29.8 Å². The highest BCUT2D eigenvalue weighted by Gasteiger charge is 2.08. The topological polar surface area (TPSA) is 49.3 Å². The lowest BCUT2D eigenvalue weighted by Gasteiger charge is -2.07. The zero-order valence-electron chi connectivity index (χ0n) is 12.9. The highest BCUT2D eigenvalue weighted by Crippen LogP contribution is 2.18. The number of halogens is 3. The maximum atomic E-state index is 13.7. The molecule has 0 aliphatic heterocycles. The zero-order chi connectivity index (χ0) is 17.7. The van der Waals surface area contributed by atoms with E-state index in [0.717, 1.165) is 12.1 Å². The maximum Gasteiger partial charge on any atom is 0.244 e. The fraction of sp³-hybridized carbons (Fsp3) is 0.167. The van der Waals surface area contributed by atoms with Crippen molar-refractivity contribution < 1.29 is 23.1 Å². The van der Waals surface area contributed by atoms with Gasteiger partial charge < -0.3 is 10.4 Å². The summed E-state index contributed by atoms with van der Waals surface area (Å²) in [5.41, 5.74) is 1.24. The van der Waals surface area contributed by atoms with Crippen molar-refractivity contribution in [3.8, 4) is 0 Å². The fourth-order valence-electron chi connectivity index (χ4n) is 2.18. The van der Waals surface area contributed by atoms with E-state index in [1.807, 2.05) is 0 Å². The number of rotatable bonds is 5. The SMILES string of the molecule is C/C(=C/C(=O)NCc1ccc(F)c(CO)c1)c1ccc(F)cc1F. The van der Waals surface area contributed by atoms with E-state index >= 15 is 0 Å². The molecule has 126 valence electrons. The Morgan fingerprint density at radius 2 is 1.88 bits per heavy atom. The predicted octanol–water partition coefficient (Wildman–Crippen LogP) is 3.32. The number of nitrogens with one attached hydrogen (secondary N) is 1. The lowest BCUT2D eigenvalue weighted by molar-refractivity contribution is -0.116. The second-order valence-electron chi connectivity index (χ2n) is 5.25. The lowest BCUT2D eigenvalue weighted by atomic mass is 10.1. The normalized spacial score (nSPS) is 11.5. The van der Waals surface area contributed by atoms with Gasteiger partial charge in [-0.3, -0.25) is 4.79 Å². The molecule has 24 heavy (non-hydrogen) atoms. The Bertz CT molecular complexity index is 788. The molecule has 0 heterocycles. The summed E-state index contributed by atoms with van der Waals surface area (Å²) in [6.07, 6.45) is 1.20. The molecular weight excluding hydrogens is 319 g/mol. The largest absolute Gasteiger partial charge is 0.392 e. The number of amides is 1. The van der Waals surface area contributed by atoms with E-state index in [-0.39, 0.29) is 17.7 Å². The van der Waals surface area contributed by atoms with E-state index < -0.39 is 30.0 Å². The summed E-state index contributed by atoms with van der Waals surface area (Å²) in [4.78, 5) is 11.9. The summed E-state index contributed by atoms with van der Waals surface area (Å²) in [7, 11) is 0. The number of carbonyl (C=O) groups excluding carboxylic acids is 1. The Labute approximate surface area is 137 Å². The average molecular weight is 335 g/mol. The van der Waals surface area contributed by atoms with Crippen LogP contribution in [-0.4, -0.2) is 11.0 Å². The van der Waals surface area contributed by atoms with Crippen molar-refractivity contribution in [2.24, 2.45) is 0 Å². The van der Waals surface area contributed by atoms with Crippen LogP contribution in [0.15, 0.2) is 42.5 Å². The summed E-state index contributed by atoms with van der Waals surface area (Å²) < 4.78 is 39.8. The van der Waals surface area contributed by atoms with Gasteiger partial charge >= 0.3 is 0 Å². The van der Waals surface area contributed by atoms with Crippen LogP contribution >= 0.6 is 0 Å². The van der Waals surface area contributed by atoms with Gasteiger partial charge in [-0.1, -0.05) is 6.07 Å². The summed E-state index contributed by atoms with van der Waals surface area (Å²) >= 11 is 0. The molecule has 0 unspecified atom stereocenters. The molecule has 0 aliphatic rings. The molecule has 1 amide bonds. The number of allylic oxidation sites excluding steroid dienone is 1. The van der Waals surface area contributed by atoms with Crippen LogP contribution in [0.5, 0.6) is 0 Å². The molecule has 0 bridgehead atoms. The Morgan fingerprint density at radius 3 is 2.54 bits per heavy atom. The first-order valence-electron chi connectivity index (χ1n) is 7.20. The van der Waals surface area contributed by atoms with Gasteiger partial charge in [-0.25, -0.2) is 13.2 Å². The van der Waals surface area contributed by atoms with Crippen LogP contribution in [0.1, 0.15) is 23.6 Å². The van der Waals surface area contributed by atoms with Gasteiger partial charge in [0.25, 0.3) is 0 Å². The van der Waals surface area contributed by atoms with Gasteiger partial charge in [0.05, 0.1) is 6.61 Å². The molecule has 3 nitrogen and oxygen atoms in total. The zero-order valence-corrected chi connectivity index (χ0v) is 12.9. The first-order valence-corrected chi connectivity index (χ1v) is 7.20. The quantitative estimate of drug-likeness (QED) is 0.824. The molecule has 0 atom stereocenters. The first-order chi connectivity index (χ1) is 11.4. The van der Waals surface area contributed by atoms with Crippen LogP contribution in [0.2, 0.25) is 0 Å². The third-order valence-electron chi connectivity index (χ3n) is 3.45. The predicted molar refractivity (Wildman–Crippen MR) is 84.2 cm³/mol. The molecule has 0 aromatic heterocycles. The minimum absolute atomic E-state index is 0.127. The highest BCUT2D eigenvalue weighted by atomic mass is 19.1. The van der Waals surface area contributed by atoms with Crippen molar-refractivity contribution in [2.45, 2.75) is 20.1 Å². The van der Waals surface area contributed by atoms with E-state index in [1.54, 1.807) is 0 Å². The molecule has 2 rings (SSSR count). The van der Waals surface area contributed by atoms with Crippen molar-refractivity contribution in [1.29, 1.82) is 0 Å². The monoisotopic (exact) mass is 335 g/mol. The van der Waals surface area contributed by atoms with Crippen LogP contribution < -0.4 is 5.32 Å². The molecule has 6 heteroatoms. The van der Waals surface area contributed by atoms with Gasteiger partial charge in [-0.05, 0) is 42.3 Å². The standard InChI is InChI=1S/C18H16F3NO2/c1-11(15-4-3-14(19)8-17(15)21)6-18(24)22-9-12-2-5-16(20)13(7-12)10-23/h2-8,23H,9-10H2,1H3,(H,22,24)/b11-6-. The van der Waals surface area contributed by atoms with Gasteiger partial charge in [0.1, 0.15) is 17.5 Å². The van der Waals surface area contributed by atoms with E-state index in [0.29, 0.717) is 11.1 Å². The molecule has 0 saturated heterocycles. The second kappa shape index (κ2) is 7.79. The number of aliphatic hydroxyl groups excluding tert-OH is 1. The van der Waals surface area contributed by atoms with Crippen molar-refractivity contribution in [1.82, 2.24) is 5.32 Å². The third-order valence-corrected chi connectivity index (χ3v) is 3.45. The van der Waals surface area contributed by atoms with Gasteiger partial charge in [0.15, 0.2) is 0 Å². The van der Waals surface area contributed by atoms with E-state index in [9.17, 15) is 18.0 Å². The molecule has 2 aromatic carbocycles. The number of carbonyl (C=O) groups is 1. The fourth-order valence-corrected chi connectivity index (χ4v) is 2.18. The molecule has 0 spiro atoms. The number of benzene rings is 2. The summed E-state index contributed by atoms with van der Waals surface area (Å²) in [5.74, 6) is -2.42. The van der Waals surface area contributed by atoms with Gasteiger partial charge in [0.2, 0.25) is 5.91 Å². The van der Waals surface area contributed by atoms with Crippen LogP contribution in [-0.2, 0) is 17.9 Å². The number of aliphatic hydroxyl groups is 1. The second-order valence-corrected chi connectivity index (χ2v) is 5.25. The lowest BCUT2D eigenvalue weighted by Crippen LogP contribution is -2.20. The summed E-state index contributed by atoms with van der Waals surface area (Å²) in [5, 5.41) is 11.6. The van der Waals surface area contributed by atoms with Crippen molar-refractivity contribution in [3.63, 3.8) is 0 Å². The van der Waals surface area contributed by atoms with Crippen molar-refractivity contribution >= 4 is 11.5 Å². The van der Waals surface area contributed by atoms with Gasteiger partial charge in [-0.15, -0.1) is 0 Å². The molecular formula is C18H16F3NO2. The highest BCUT2D eigenvalue weighted by molar-refractivity contribution is 5.94. The molecule has 0 fully saturated rings. The number of hydrogen-bond acceptors (Lipinski definition) is 2. The Balaban J connectivity index is 2.04. The Hall–Kier alpha value is -2.60. The smallest absolute Gasteiger partial charge is 0.244 e. The van der Waals surface area contributed by atoms with Crippen LogP contribution in [0.4, 0.5) is 13.2 Å². The number of hydrogen-bond donors (Lipinski definition) is 2. The van der Waals surface area contributed by atoms with Crippen LogP contribution in [0, 0.1) is 17.5 Å². The Morgan fingerprint density at radius 1 is 1.12 bits per heavy atom. The van der Waals surface area contributed by atoms with Crippen molar-refractivity contribution in [2.75, 3.05) is 0 Å². The molecule has 0 radical (unpaired) electrons. The van der Waals surface area contributed by atoms with Crippen molar-refractivity contribution in [3.05, 3.63) is 76.6 Å². The maximum absolute atomic E-state index is 13.7. The van der Waals surface area contributed by atoms with Gasteiger partial charge in [-0.2, -0.15) is 0 Å². The molecule has 0 saturated carbocycles. The molecule has 0 aliphatic carbocycles. The van der Waals surface area contributed by atoms with E-state index in [2.05, 4.69) is 5.32 Å². The minimum atomic E-state index is -0.748. The minimum Gasteiger partial charge on any atom is -0.392 e. The van der Waals surface area contributed by atoms with Crippen LogP contribution in [0.3, 0.4) is 0 Å².